The minimum atomic E-state index is -3.30. The summed E-state index contributed by atoms with van der Waals surface area (Å²) >= 11 is 3.13. The van der Waals surface area contributed by atoms with Gasteiger partial charge in [0.2, 0.25) is 0 Å². The van der Waals surface area contributed by atoms with Crippen molar-refractivity contribution < 1.29 is 13.3 Å². The van der Waals surface area contributed by atoms with Crippen LogP contribution in [0.15, 0.2) is 45.9 Å². The van der Waals surface area contributed by atoms with Gasteiger partial charge in [0.05, 0.1) is 9.82 Å². The van der Waals surface area contributed by atoms with Crippen molar-refractivity contribution in [3.05, 3.63) is 51.1 Å². The molecule has 0 radical (unpaired) electrons. The van der Waals surface area contributed by atoms with Gasteiger partial charge in [0.25, 0.3) is 5.69 Å². The fourth-order valence-corrected chi connectivity index (χ4v) is 2.60. The molecule has 0 aliphatic rings. The van der Waals surface area contributed by atoms with Crippen LogP contribution >= 0.6 is 15.9 Å². The lowest BCUT2D eigenvalue weighted by Gasteiger charge is -2.04. The highest BCUT2D eigenvalue weighted by atomic mass is 79.9. The van der Waals surface area contributed by atoms with E-state index in [4.69, 9.17) is 0 Å². The first-order valence-electron chi connectivity index (χ1n) is 5.39. The number of halogens is 1. The van der Waals surface area contributed by atoms with Gasteiger partial charge in [0.1, 0.15) is 5.69 Å². The zero-order chi connectivity index (χ0) is 14.9. The van der Waals surface area contributed by atoms with Crippen LogP contribution in [0.1, 0.15) is 0 Å². The standard InChI is InChI=1S/C12H9BrN2O4S/c1-20(18,19)10-4-2-8(3-5-10)12-11(15(16)17)6-9(13)7-14-12/h2-7H,1H3. The van der Waals surface area contributed by atoms with Crippen molar-refractivity contribution in [2.75, 3.05) is 6.26 Å². The lowest BCUT2D eigenvalue weighted by molar-refractivity contribution is -0.384. The average Bonchev–Trinajstić information content (AvgIpc) is 2.37. The summed E-state index contributed by atoms with van der Waals surface area (Å²) in [5, 5.41) is 11.0. The maximum absolute atomic E-state index is 11.4. The Morgan fingerprint density at radius 1 is 1.25 bits per heavy atom. The van der Waals surface area contributed by atoms with E-state index in [-0.39, 0.29) is 16.3 Å². The predicted octanol–water partition coefficient (Wildman–Crippen LogP) is 2.82. The quantitative estimate of drug-likeness (QED) is 0.622. The van der Waals surface area contributed by atoms with Crippen molar-refractivity contribution in [1.82, 2.24) is 4.98 Å². The van der Waals surface area contributed by atoms with E-state index in [0.29, 0.717) is 10.0 Å². The number of aromatic nitrogens is 1. The van der Waals surface area contributed by atoms with Crippen molar-refractivity contribution in [2.24, 2.45) is 0 Å². The maximum atomic E-state index is 11.4. The molecule has 8 heteroatoms. The number of pyridine rings is 1. The van der Waals surface area contributed by atoms with Crippen molar-refractivity contribution in [3.63, 3.8) is 0 Å². The van der Waals surface area contributed by atoms with Gasteiger partial charge in [0, 0.05) is 28.6 Å². The van der Waals surface area contributed by atoms with Gasteiger partial charge in [0.15, 0.2) is 9.84 Å². The summed E-state index contributed by atoms with van der Waals surface area (Å²) in [4.78, 5) is 14.7. The van der Waals surface area contributed by atoms with Gasteiger partial charge >= 0.3 is 0 Å². The number of hydrogen-bond acceptors (Lipinski definition) is 5. The molecule has 6 nitrogen and oxygen atoms in total. The van der Waals surface area contributed by atoms with Crippen LogP contribution in [0.25, 0.3) is 11.3 Å². The molecule has 104 valence electrons. The van der Waals surface area contributed by atoms with Gasteiger partial charge in [-0.3, -0.25) is 10.1 Å². The molecule has 1 aromatic carbocycles. The molecule has 1 aromatic heterocycles. The van der Waals surface area contributed by atoms with E-state index in [1.165, 1.54) is 36.5 Å². The SMILES string of the molecule is CS(=O)(=O)c1ccc(-c2ncc(Br)cc2[N+](=O)[O-])cc1. The average molecular weight is 357 g/mol. The second kappa shape index (κ2) is 5.29. The van der Waals surface area contributed by atoms with E-state index in [9.17, 15) is 18.5 Å². The number of rotatable bonds is 3. The highest BCUT2D eigenvalue weighted by Gasteiger charge is 2.18. The number of sulfone groups is 1. The number of benzene rings is 1. The Labute approximate surface area is 123 Å². The third-order valence-electron chi connectivity index (χ3n) is 2.59. The third-order valence-corrected chi connectivity index (χ3v) is 4.15. The Bertz CT molecular complexity index is 773. The minimum absolute atomic E-state index is 0.147. The first-order valence-corrected chi connectivity index (χ1v) is 8.08. The summed E-state index contributed by atoms with van der Waals surface area (Å²) in [6.45, 7) is 0. The van der Waals surface area contributed by atoms with Crippen molar-refractivity contribution >= 4 is 31.5 Å². The Balaban J connectivity index is 2.55. The molecule has 0 aliphatic heterocycles. The summed E-state index contributed by atoms with van der Waals surface area (Å²) in [7, 11) is -3.30. The molecule has 2 aromatic rings. The molecule has 0 aliphatic carbocycles. The summed E-state index contributed by atoms with van der Waals surface area (Å²) in [6, 6.07) is 7.16. The highest BCUT2D eigenvalue weighted by molar-refractivity contribution is 9.10. The van der Waals surface area contributed by atoms with Crippen LogP contribution in [-0.2, 0) is 9.84 Å². The second-order valence-electron chi connectivity index (χ2n) is 4.07. The first kappa shape index (κ1) is 14.6. The fraction of sp³-hybridized carbons (Fsp3) is 0.0833. The topological polar surface area (TPSA) is 90.2 Å². The highest BCUT2D eigenvalue weighted by Crippen LogP contribution is 2.30. The third kappa shape index (κ3) is 3.02. The Morgan fingerprint density at radius 2 is 1.85 bits per heavy atom. The van der Waals surface area contributed by atoms with Gasteiger partial charge in [-0.05, 0) is 28.1 Å². The van der Waals surface area contributed by atoms with E-state index < -0.39 is 14.8 Å². The maximum Gasteiger partial charge on any atom is 0.296 e. The lowest BCUT2D eigenvalue weighted by atomic mass is 10.1. The zero-order valence-electron chi connectivity index (χ0n) is 10.3. The van der Waals surface area contributed by atoms with Crippen molar-refractivity contribution in [3.8, 4) is 11.3 Å². The molecular formula is C12H9BrN2O4S. The van der Waals surface area contributed by atoms with Gasteiger partial charge in [-0.1, -0.05) is 12.1 Å². The molecule has 0 saturated carbocycles. The van der Waals surface area contributed by atoms with E-state index in [0.717, 1.165) is 6.26 Å². The lowest BCUT2D eigenvalue weighted by Crippen LogP contribution is -1.98. The van der Waals surface area contributed by atoms with Crippen molar-refractivity contribution in [2.45, 2.75) is 4.90 Å². The van der Waals surface area contributed by atoms with Crippen LogP contribution in [0.2, 0.25) is 0 Å². The molecule has 0 atom stereocenters. The van der Waals surface area contributed by atoms with Crippen LogP contribution < -0.4 is 0 Å². The zero-order valence-corrected chi connectivity index (χ0v) is 12.7. The molecule has 0 fully saturated rings. The summed E-state index contributed by atoms with van der Waals surface area (Å²) in [6.07, 6.45) is 2.55. The van der Waals surface area contributed by atoms with Crippen molar-refractivity contribution in [1.29, 1.82) is 0 Å². The Kier molecular flexibility index (Phi) is 3.87. The molecule has 0 spiro atoms. The Morgan fingerprint density at radius 3 is 2.35 bits per heavy atom. The molecule has 0 saturated heterocycles. The summed E-state index contributed by atoms with van der Waals surface area (Å²) in [5.41, 5.74) is 0.529. The largest absolute Gasteiger partial charge is 0.296 e. The van der Waals surface area contributed by atoms with Gasteiger partial charge in [-0.25, -0.2) is 13.4 Å². The predicted molar refractivity (Wildman–Crippen MR) is 77.1 cm³/mol. The van der Waals surface area contributed by atoms with E-state index >= 15 is 0 Å². The molecule has 1 heterocycles. The monoisotopic (exact) mass is 356 g/mol. The molecule has 0 bridgehead atoms. The van der Waals surface area contributed by atoms with Crippen LogP contribution in [0, 0.1) is 10.1 Å². The van der Waals surface area contributed by atoms with E-state index in [1.807, 2.05) is 0 Å². The summed E-state index contributed by atoms with van der Waals surface area (Å²) in [5.74, 6) is 0. The smallest absolute Gasteiger partial charge is 0.258 e. The molecule has 0 amide bonds. The van der Waals surface area contributed by atoms with Gasteiger partial charge in [-0.15, -0.1) is 0 Å². The first-order chi connectivity index (χ1) is 9.29. The van der Waals surface area contributed by atoms with E-state index in [1.54, 1.807) is 0 Å². The molecule has 20 heavy (non-hydrogen) atoms. The number of hydrogen-bond donors (Lipinski definition) is 0. The molecule has 2 rings (SSSR count). The number of nitro groups is 1. The van der Waals surface area contributed by atoms with Crippen LogP contribution in [0.4, 0.5) is 5.69 Å². The fourth-order valence-electron chi connectivity index (χ4n) is 1.65. The van der Waals surface area contributed by atoms with Crippen LogP contribution in [-0.4, -0.2) is 24.6 Å². The molecule has 0 N–H and O–H groups in total. The van der Waals surface area contributed by atoms with Crippen LogP contribution in [0.3, 0.4) is 0 Å². The summed E-state index contributed by atoms with van der Waals surface area (Å²) < 4.78 is 23.2. The van der Waals surface area contributed by atoms with E-state index in [2.05, 4.69) is 20.9 Å². The minimum Gasteiger partial charge on any atom is -0.258 e. The van der Waals surface area contributed by atoms with Gasteiger partial charge < -0.3 is 0 Å². The van der Waals surface area contributed by atoms with Gasteiger partial charge in [-0.2, -0.15) is 0 Å². The van der Waals surface area contributed by atoms with Crippen LogP contribution in [0.5, 0.6) is 0 Å². The second-order valence-corrected chi connectivity index (χ2v) is 7.01. The number of nitrogens with zero attached hydrogens (tertiary/aromatic N) is 2. The molecule has 0 unspecified atom stereocenters. The molecular weight excluding hydrogens is 348 g/mol. The Hall–Kier alpha value is -1.80. The normalized spacial score (nSPS) is 11.3.